The summed E-state index contributed by atoms with van der Waals surface area (Å²) in [5.41, 5.74) is 2.45. The lowest BCUT2D eigenvalue weighted by atomic mass is 10.1. The number of hydrogen-bond donors (Lipinski definition) is 1. The van der Waals surface area contributed by atoms with Crippen molar-refractivity contribution in [2.24, 2.45) is 0 Å². The molecule has 0 aliphatic carbocycles. The minimum absolute atomic E-state index is 0.173. The molecular formula is C16H19N5O2S. The molecule has 0 atom stereocenters. The van der Waals surface area contributed by atoms with E-state index in [4.69, 9.17) is 0 Å². The number of fused-ring (bicyclic) bond motifs is 1. The van der Waals surface area contributed by atoms with Crippen molar-refractivity contribution in [2.75, 3.05) is 11.6 Å². The zero-order chi connectivity index (χ0) is 17.3. The maximum Gasteiger partial charge on any atom is 0.252 e. The van der Waals surface area contributed by atoms with Crippen molar-refractivity contribution in [3.8, 4) is 0 Å². The normalized spacial score (nSPS) is 12.0. The van der Waals surface area contributed by atoms with Crippen molar-refractivity contribution in [2.45, 2.75) is 31.5 Å². The lowest BCUT2D eigenvalue weighted by molar-refractivity contribution is 0.592. The Morgan fingerprint density at radius 2 is 1.88 bits per heavy atom. The molecule has 24 heavy (non-hydrogen) atoms. The molecule has 126 valence electrons. The van der Waals surface area contributed by atoms with Gasteiger partial charge in [-0.2, -0.15) is 19.6 Å². The second kappa shape index (κ2) is 6.20. The van der Waals surface area contributed by atoms with Gasteiger partial charge in [0.2, 0.25) is 15.8 Å². The van der Waals surface area contributed by atoms with Gasteiger partial charge in [-0.1, -0.05) is 44.2 Å². The van der Waals surface area contributed by atoms with Crippen LogP contribution >= 0.6 is 0 Å². The number of sulfone groups is 1. The smallest absolute Gasteiger partial charge is 0.252 e. The largest absolute Gasteiger partial charge is 0.350 e. The van der Waals surface area contributed by atoms with Crippen molar-refractivity contribution < 1.29 is 8.42 Å². The molecule has 0 radical (unpaired) electrons. The Kier molecular flexibility index (Phi) is 4.23. The molecule has 1 N–H and O–H groups in total. The number of nitrogens with one attached hydrogen (secondary N) is 1. The first-order valence-electron chi connectivity index (χ1n) is 7.60. The summed E-state index contributed by atoms with van der Waals surface area (Å²) in [5.74, 6) is 0.531. The molecule has 1 aromatic carbocycles. The van der Waals surface area contributed by atoms with Crippen molar-refractivity contribution in [1.29, 1.82) is 0 Å². The Bertz CT molecular complexity index is 965. The van der Waals surface area contributed by atoms with E-state index in [2.05, 4.69) is 20.4 Å². The highest BCUT2D eigenvalue weighted by atomic mass is 32.2. The van der Waals surface area contributed by atoms with Crippen molar-refractivity contribution >= 4 is 21.4 Å². The Hall–Kier alpha value is -2.48. The number of nitrogens with zero attached hydrogens (tertiary/aromatic N) is 4. The van der Waals surface area contributed by atoms with Gasteiger partial charge in [0.1, 0.15) is 0 Å². The molecule has 3 aromatic rings. The summed E-state index contributed by atoms with van der Waals surface area (Å²) in [6.45, 7) is 4.53. The highest BCUT2D eigenvalue weighted by molar-refractivity contribution is 7.90. The molecule has 0 saturated carbocycles. The fourth-order valence-electron chi connectivity index (χ4n) is 2.34. The second-order valence-electron chi connectivity index (χ2n) is 5.93. The minimum atomic E-state index is -3.52. The highest BCUT2D eigenvalue weighted by Gasteiger charge is 2.19. The van der Waals surface area contributed by atoms with Crippen LogP contribution in [0.3, 0.4) is 0 Å². The number of rotatable bonds is 5. The molecule has 2 aromatic heterocycles. The van der Waals surface area contributed by atoms with E-state index in [0.717, 1.165) is 17.4 Å². The first-order chi connectivity index (χ1) is 11.4. The maximum atomic E-state index is 11.9. The van der Waals surface area contributed by atoms with E-state index in [-0.39, 0.29) is 11.1 Å². The second-order valence-corrected chi connectivity index (χ2v) is 7.84. The van der Waals surface area contributed by atoms with Gasteiger partial charge in [-0.25, -0.2) is 8.42 Å². The van der Waals surface area contributed by atoms with Crippen LogP contribution in [0.5, 0.6) is 0 Å². The molecule has 0 bridgehead atoms. The van der Waals surface area contributed by atoms with Gasteiger partial charge in [0.25, 0.3) is 5.16 Å². The molecular weight excluding hydrogens is 326 g/mol. The van der Waals surface area contributed by atoms with E-state index in [9.17, 15) is 8.42 Å². The van der Waals surface area contributed by atoms with Gasteiger partial charge in [-0.05, 0) is 11.5 Å². The van der Waals surface area contributed by atoms with Crippen LogP contribution in [-0.2, 0) is 16.4 Å². The van der Waals surface area contributed by atoms with Crippen molar-refractivity contribution in [1.82, 2.24) is 19.6 Å². The molecule has 2 heterocycles. The zero-order valence-electron chi connectivity index (χ0n) is 13.8. The first-order valence-corrected chi connectivity index (χ1v) is 9.49. The molecule has 0 unspecified atom stereocenters. The number of aromatic nitrogens is 4. The van der Waals surface area contributed by atoms with Crippen molar-refractivity contribution in [3.63, 3.8) is 0 Å². The fraction of sp³-hybridized carbons (Fsp3) is 0.312. The molecule has 0 amide bonds. The minimum Gasteiger partial charge on any atom is -0.350 e. The van der Waals surface area contributed by atoms with E-state index >= 15 is 0 Å². The number of anilines is 1. The Balaban J connectivity index is 2.08. The highest BCUT2D eigenvalue weighted by Crippen LogP contribution is 2.22. The van der Waals surface area contributed by atoms with Crippen LogP contribution in [0.25, 0.3) is 5.65 Å². The average Bonchev–Trinajstić information content (AvgIpc) is 2.97. The summed E-state index contributed by atoms with van der Waals surface area (Å²) in [4.78, 5) is 8.35. The van der Waals surface area contributed by atoms with Crippen LogP contribution in [-0.4, -0.2) is 34.3 Å². The molecule has 0 aliphatic rings. The molecule has 0 aliphatic heterocycles. The van der Waals surface area contributed by atoms with E-state index in [1.165, 1.54) is 0 Å². The summed E-state index contributed by atoms with van der Waals surface area (Å²) in [7, 11) is -3.52. The third kappa shape index (κ3) is 3.23. The van der Waals surface area contributed by atoms with Gasteiger partial charge in [0.15, 0.2) is 5.65 Å². The van der Waals surface area contributed by atoms with Crippen molar-refractivity contribution in [3.05, 3.63) is 47.7 Å². The quantitative estimate of drug-likeness (QED) is 0.763. The summed E-state index contributed by atoms with van der Waals surface area (Å²) in [5, 5.41) is 7.26. The molecule has 0 fully saturated rings. The Morgan fingerprint density at radius 1 is 1.17 bits per heavy atom. The third-order valence-electron chi connectivity index (χ3n) is 3.62. The number of hydrogen-bond acceptors (Lipinski definition) is 6. The third-order valence-corrected chi connectivity index (χ3v) is 4.47. The predicted molar refractivity (Wildman–Crippen MR) is 91.7 cm³/mol. The van der Waals surface area contributed by atoms with Crippen LogP contribution in [0.1, 0.15) is 30.9 Å². The van der Waals surface area contributed by atoms with Crippen LogP contribution < -0.4 is 5.32 Å². The summed E-state index contributed by atoms with van der Waals surface area (Å²) < 4.78 is 25.4. The molecule has 0 spiro atoms. The van der Waals surface area contributed by atoms with E-state index in [1.54, 1.807) is 10.7 Å². The standard InChI is InChI=1S/C16H19N5O2S/c1-11(2)13-10-18-21-14(13)19-16(24(3,22)23)20-15(21)17-9-12-7-5-4-6-8-12/h4-8,10-11H,9H2,1-3H3,(H,17,19,20). The monoisotopic (exact) mass is 345 g/mol. The van der Waals surface area contributed by atoms with Crippen LogP contribution in [0.2, 0.25) is 0 Å². The Morgan fingerprint density at radius 3 is 2.50 bits per heavy atom. The fourth-order valence-corrected chi connectivity index (χ4v) is 2.84. The van der Waals surface area contributed by atoms with E-state index in [0.29, 0.717) is 18.1 Å². The van der Waals surface area contributed by atoms with E-state index in [1.807, 2.05) is 44.2 Å². The summed E-state index contributed by atoms with van der Waals surface area (Å²) in [6.07, 6.45) is 2.81. The van der Waals surface area contributed by atoms with Crippen LogP contribution in [0.4, 0.5) is 5.95 Å². The topological polar surface area (TPSA) is 89.2 Å². The number of benzene rings is 1. The molecule has 3 rings (SSSR count). The van der Waals surface area contributed by atoms with Crippen LogP contribution in [0, 0.1) is 0 Å². The van der Waals surface area contributed by atoms with Gasteiger partial charge in [-0.3, -0.25) is 0 Å². The summed E-state index contributed by atoms with van der Waals surface area (Å²) in [6, 6.07) is 9.78. The van der Waals surface area contributed by atoms with Crippen LogP contribution in [0.15, 0.2) is 41.7 Å². The summed E-state index contributed by atoms with van der Waals surface area (Å²) >= 11 is 0. The van der Waals surface area contributed by atoms with Gasteiger partial charge < -0.3 is 5.32 Å². The maximum absolute atomic E-state index is 11.9. The van der Waals surface area contributed by atoms with Gasteiger partial charge >= 0.3 is 0 Å². The average molecular weight is 345 g/mol. The molecule has 0 saturated heterocycles. The van der Waals surface area contributed by atoms with E-state index < -0.39 is 9.84 Å². The predicted octanol–water partition coefficient (Wildman–Crippen LogP) is 2.26. The first kappa shape index (κ1) is 16.4. The lowest BCUT2D eigenvalue weighted by Crippen LogP contribution is -2.13. The van der Waals surface area contributed by atoms with Gasteiger partial charge in [0.05, 0.1) is 6.20 Å². The molecule has 8 heteroatoms. The zero-order valence-corrected chi connectivity index (χ0v) is 14.6. The SMILES string of the molecule is CC(C)c1cnn2c(NCc3ccccc3)nc(S(C)(=O)=O)nc12. The Labute approximate surface area is 140 Å². The van der Waals surface area contributed by atoms with Gasteiger partial charge in [-0.15, -0.1) is 0 Å². The van der Waals surface area contributed by atoms with Gasteiger partial charge in [0, 0.05) is 18.4 Å². The molecule has 7 nitrogen and oxygen atoms in total. The lowest BCUT2D eigenvalue weighted by Gasteiger charge is -2.10.